The summed E-state index contributed by atoms with van der Waals surface area (Å²) in [5, 5.41) is 10.8. The summed E-state index contributed by atoms with van der Waals surface area (Å²) < 4.78 is 1.93. The molecule has 0 aliphatic carbocycles. The van der Waals surface area contributed by atoms with Crippen LogP contribution in [0.15, 0.2) is 23.5 Å². The Balaban J connectivity index is 1.54. The third kappa shape index (κ3) is 6.19. The van der Waals surface area contributed by atoms with Crippen LogP contribution in [-0.2, 0) is 11.3 Å². The molecule has 0 spiro atoms. The van der Waals surface area contributed by atoms with Gasteiger partial charge in [0.2, 0.25) is 5.91 Å². The highest BCUT2D eigenvalue weighted by Gasteiger charge is 2.17. The van der Waals surface area contributed by atoms with Crippen LogP contribution in [0.25, 0.3) is 0 Å². The Morgan fingerprint density at radius 3 is 2.54 bits per heavy atom. The average Bonchev–Trinajstić information content (AvgIpc) is 3.11. The van der Waals surface area contributed by atoms with Crippen LogP contribution >= 0.6 is 0 Å². The lowest BCUT2D eigenvalue weighted by molar-refractivity contribution is -0.130. The number of carbonyl (C=O) groups is 1. The van der Waals surface area contributed by atoms with Crippen molar-refractivity contribution < 1.29 is 4.79 Å². The van der Waals surface area contributed by atoms with Crippen molar-refractivity contribution in [2.45, 2.75) is 19.9 Å². The molecule has 24 heavy (non-hydrogen) atoms. The first-order chi connectivity index (χ1) is 11.7. The zero-order valence-electron chi connectivity index (χ0n) is 14.7. The van der Waals surface area contributed by atoms with E-state index in [-0.39, 0.29) is 5.91 Å². The van der Waals surface area contributed by atoms with Crippen LogP contribution in [0.3, 0.4) is 0 Å². The molecule has 0 radical (unpaired) electrons. The second kappa shape index (κ2) is 9.92. The van der Waals surface area contributed by atoms with Crippen LogP contribution in [0.5, 0.6) is 0 Å². The minimum absolute atomic E-state index is 0.174. The summed E-state index contributed by atoms with van der Waals surface area (Å²) in [7, 11) is 1.79. The summed E-state index contributed by atoms with van der Waals surface area (Å²) in [5.74, 6) is 1.00. The third-order valence-corrected chi connectivity index (χ3v) is 4.18. The van der Waals surface area contributed by atoms with Crippen LogP contribution < -0.4 is 10.6 Å². The molecule has 2 heterocycles. The number of nitrogens with zero attached hydrogens (tertiary/aromatic N) is 5. The van der Waals surface area contributed by atoms with Crippen molar-refractivity contribution >= 4 is 11.9 Å². The van der Waals surface area contributed by atoms with E-state index in [9.17, 15) is 4.79 Å². The second-order valence-corrected chi connectivity index (χ2v) is 5.90. The van der Waals surface area contributed by atoms with Gasteiger partial charge in [-0.25, -0.2) is 0 Å². The Hall–Kier alpha value is -2.09. The lowest BCUT2D eigenvalue weighted by Gasteiger charge is -2.34. The smallest absolute Gasteiger partial charge is 0.219 e. The summed E-state index contributed by atoms with van der Waals surface area (Å²) in [6, 6.07) is 1.93. The van der Waals surface area contributed by atoms with E-state index in [0.29, 0.717) is 0 Å². The Labute approximate surface area is 143 Å². The van der Waals surface area contributed by atoms with Gasteiger partial charge in [-0.05, 0) is 12.5 Å². The maximum absolute atomic E-state index is 11.3. The highest BCUT2D eigenvalue weighted by Crippen LogP contribution is 2.00. The average molecular weight is 335 g/mol. The fourth-order valence-electron chi connectivity index (χ4n) is 2.72. The van der Waals surface area contributed by atoms with E-state index >= 15 is 0 Å². The molecule has 1 saturated heterocycles. The van der Waals surface area contributed by atoms with Gasteiger partial charge in [-0.2, -0.15) is 5.10 Å². The van der Waals surface area contributed by atoms with Crippen molar-refractivity contribution in [3.63, 3.8) is 0 Å². The maximum Gasteiger partial charge on any atom is 0.219 e. The van der Waals surface area contributed by atoms with E-state index in [1.165, 1.54) is 0 Å². The largest absolute Gasteiger partial charge is 0.356 e. The molecule has 1 aliphatic rings. The number of aromatic nitrogens is 2. The molecule has 134 valence electrons. The van der Waals surface area contributed by atoms with Gasteiger partial charge in [0.15, 0.2) is 5.96 Å². The zero-order chi connectivity index (χ0) is 17.2. The fourth-order valence-corrected chi connectivity index (χ4v) is 2.72. The molecule has 1 aliphatic heterocycles. The number of hydrogen-bond donors (Lipinski definition) is 2. The van der Waals surface area contributed by atoms with Crippen molar-refractivity contribution in [3.8, 4) is 0 Å². The molecule has 1 aromatic rings. The molecule has 8 nitrogen and oxygen atoms in total. The van der Waals surface area contributed by atoms with Gasteiger partial charge in [0, 0.05) is 78.7 Å². The predicted molar refractivity (Wildman–Crippen MR) is 94.9 cm³/mol. The van der Waals surface area contributed by atoms with E-state index in [1.807, 2.05) is 21.8 Å². The lowest BCUT2D eigenvalue weighted by atomic mass is 10.3. The fraction of sp³-hybridized carbons (Fsp3) is 0.688. The third-order valence-electron chi connectivity index (χ3n) is 4.18. The van der Waals surface area contributed by atoms with E-state index in [2.05, 4.69) is 25.6 Å². The number of nitrogens with one attached hydrogen (secondary N) is 2. The number of guanidine groups is 1. The first-order valence-corrected chi connectivity index (χ1v) is 8.59. The molecule has 1 amide bonds. The van der Waals surface area contributed by atoms with Gasteiger partial charge in [0.1, 0.15) is 0 Å². The van der Waals surface area contributed by atoms with Gasteiger partial charge in [-0.3, -0.25) is 19.4 Å². The monoisotopic (exact) mass is 335 g/mol. The minimum atomic E-state index is 0.174. The van der Waals surface area contributed by atoms with E-state index in [0.717, 1.165) is 64.7 Å². The van der Waals surface area contributed by atoms with E-state index < -0.39 is 0 Å². The van der Waals surface area contributed by atoms with Gasteiger partial charge in [-0.15, -0.1) is 0 Å². The molecular weight excluding hydrogens is 306 g/mol. The summed E-state index contributed by atoms with van der Waals surface area (Å²) in [6.45, 7) is 8.74. The lowest BCUT2D eigenvalue weighted by Crippen LogP contribution is -2.50. The summed E-state index contributed by atoms with van der Waals surface area (Å²) in [5.41, 5.74) is 0. The van der Waals surface area contributed by atoms with Crippen LogP contribution in [-0.4, -0.2) is 84.3 Å². The molecule has 0 bridgehead atoms. The van der Waals surface area contributed by atoms with Gasteiger partial charge in [-0.1, -0.05) is 0 Å². The second-order valence-electron chi connectivity index (χ2n) is 5.90. The standard InChI is InChI=1S/C16H29N7O/c1-15(24)22-13-11-21(12-14-22)10-7-19-16(17-2)18-5-3-8-23-9-4-6-20-23/h4,6,9H,3,5,7-8,10-14H2,1-2H3,(H2,17,18,19). The van der Waals surface area contributed by atoms with Crippen molar-refractivity contribution in [2.75, 3.05) is 52.9 Å². The molecule has 2 rings (SSSR count). The quantitative estimate of drug-likeness (QED) is 0.403. The Morgan fingerprint density at radius 2 is 1.92 bits per heavy atom. The summed E-state index contributed by atoms with van der Waals surface area (Å²) >= 11 is 0. The molecule has 1 fully saturated rings. The Morgan fingerprint density at radius 1 is 1.17 bits per heavy atom. The number of aliphatic imine (C=N–C) groups is 1. The first kappa shape index (κ1) is 18.3. The molecular formula is C16H29N7O. The van der Waals surface area contributed by atoms with E-state index in [1.54, 1.807) is 20.2 Å². The Bertz CT molecular complexity index is 507. The van der Waals surface area contributed by atoms with Crippen LogP contribution in [0, 0.1) is 0 Å². The SMILES string of the molecule is CN=C(NCCCn1cccn1)NCCN1CCN(C(C)=O)CC1. The number of carbonyl (C=O) groups excluding carboxylic acids is 1. The summed E-state index contributed by atoms with van der Waals surface area (Å²) in [4.78, 5) is 19.8. The molecule has 0 atom stereocenters. The number of amides is 1. The van der Waals surface area contributed by atoms with Crippen LogP contribution in [0.4, 0.5) is 0 Å². The van der Waals surface area contributed by atoms with Gasteiger partial charge >= 0.3 is 0 Å². The van der Waals surface area contributed by atoms with E-state index in [4.69, 9.17) is 0 Å². The molecule has 0 unspecified atom stereocenters. The molecule has 0 aromatic carbocycles. The zero-order valence-corrected chi connectivity index (χ0v) is 14.7. The topological polar surface area (TPSA) is 77.8 Å². The molecule has 1 aromatic heterocycles. The summed E-state index contributed by atoms with van der Waals surface area (Å²) in [6.07, 6.45) is 4.76. The van der Waals surface area contributed by atoms with Crippen molar-refractivity contribution in [1.82, 2.24) is 30.2 Å². The molecule has 2 N–H and O–H groups in total. The number of rotatable bonds is 7. The normalized spacial score (nSPS) is 16.2. The first-order valence-electron chi connectivity index (χ1n) is 8.59. The minimum Gasteiger partial charge on any atom is -0.356 e. The molecule has 8 heteroatoms. The van der Waals surface area contributed by atoms with Gasteiger partial charge < -0.3 is 15.5 Å². The van der Waals surface area contributed by atoms with Crippen LogP contribution in [0.1, 0.15) is 13.3 Å². The maximum atomic E-state index is 11.3. The highest BCUT2D eigenvalue weighted by molar-refractivity contribution is 5.79. The Kier molecular flexibility index (Phi) is 7.54. The van der Waals surface area contributed by atoms with Crippen LogP contribution in [0.2, 0.25) is 0 Å². The van der Waals surface area contributed by atoms with Gasteiger partial charge in [0.05, 0.1) is 0 Å². The number of aryl methyl sites for hydroxylation is 1. The highest BCUT2D eigenvalue weighted by atomic mass is 16.2. The van der Waals surface area contributed by atoms with Crippen molar-refractivity contribution in [3.05, 3.63) is 18.5 Å². The molecule has 0 saturated carbocycles. The number of hydrogen-bond acceptors (Lipinski definition) is 4. The predicted octanol–water partition coefficient (Wildman–Crippen LogP) is -0.398. The van der Waals surface area contributed by atoms with Crippen molar-refractivity contribution in [1.29, 1.82) is 0 Å². The number of piperazine rings is 1. The van der Waals surface area contributed by atoms with Gasteiger partial charge in [0.25, 0.3) is 0 Å². The van der Waals surface area contributed by atoms with Crippen molar-refractivity contribution in [2.24, 2.45) is 4.99 Å².